The molecule has 0 radical (unpaired) electrons. The fourth-order valence-corrected chi connectivity index (χ4v) is 1.70. The number of benzene rings is 1. The third kappa shape index (κ3) is 2.02. The van der Waals surface area contributed by atoms with Gasteiger partial charge in [-0.3, -0.25) is 0 Å². The molecular formula is C12H10ClN3. The molecule has 0 unspecified atom stereocenters. The van der Waals surface area contributed by atoms with Crippen LogP contribution in [0.4, 0.5) is 5.69 Å². The van der Waals surface area contributed by atoms with E-state index in [9.17, 15) is 0 Å². The minimum absolute atomic E-state index is 0.453. The molecule has 0 atom stereocenters. The highest BCUT2D eigenvalue weighted by molar-refractivity contribution is 6.33. The van der Waals surface area contributed by atoms with Crippen molar-refractivity contribution in [3.05, 3.63) is 41.7 Å². The molecule has 2 rings (SSSR count). The summed E-state index contributed by atoms with van der Waals surface area (Å²) in [5.41, 5.74) is 1.68. The normalized spacial score (nSPS) is 9.75. The Hall–Kier alpha value is -1.92. The molecule has 1 N–H and O–H groups in total. The van der Waals surface area contributed by atoms with Crippen molar-refractivity contribution in [3.8, 4) is 18.0 Å². The number of nitrogens with one attached hydrogen (secondary N) is 1. The number of hydrogen-bond acceptors (Lipinski definition) is 2. The molecule has 2 aromatic rings. The predicted octanol–water partition coefficient (Wildman–Crippen LogP) is 2.57. The Morgan fingerprint density at radius 1 is 1.44 bits per heavy atom. The van der Waals surface area contributed by atoms with Crippen molar-refractivity contribution in [1.82, 2.24) is 9.78 Å². The summed E-state index contributed by atoms with van der Waals surface area (Å²) in [6.45, 7) is 0.453. The second-order valence-electron chi connectivity index (χ2n) is 3.14. The van der Waals surface area contributed by atoms with E-state index in [4.69, 9.17) is 18.0 Å². The summed E-state index contributed by atoms with van der Waals surface area (Å²) >= 11 is 6.15. The fourth-order valence-electron chi connectivity index (χ4n) is 1.44. The molecule has 0 bridgehead atoms. The van der Waals surface area contributed by atoms with Crippen LogP contribution in [0.25, 0.3) is 5.69 Å². The highest BCUT2D eigenvalue weighted by Gasteiger charge is 2.08. The van der Waals surface area contributed by atoms with Gasteiger partial charge in [0.2, 0.25) is 0 Å². The van der Waals surface area contributed by atoms with Gasteiger partial charge in [-0.2, -0.15) is 5.10 Å². The van der Waals surface area contributed by atoms with E-state index >= 15 is 0 Å². The van der Waals surface area contributed by atoms with Crippen LogP contribution in [0.3, 0.4) is 0 Å². The van der Waals surface area contributed by atoms with E-state index in [1.165, 1.54) is 0 Å². The Bertz CT molecular complexity index is 512. The molecule has 0 saturated carbocycles. The molecule has 0 spiro atoms. The average Bonchev–Trinajstić information content (AvgIpc) is 2.79. The second kappa shape index (κ2) is 4.73. The van der Waals surface area contributed by atoms with Gasteiger partial charge in [-0.25, -0.2) is 4.68 Å². The molecular weight excluding hydrogens is 222 g/mol. The Morgan fingerprint density at radius 3 is 3.00 bits per heavy atom. The van der Waals surface area contributed by atoms with Crippen LogP contribution in [-0.2, 0) is 0 Å². The SMILES string of the molecule is C#CCNc1cccc(Cl)c1-n1cccn1. The first-order valence-electron chi connectivity index (χ1n) is 4.79. The van der Waals surface area contributed by atoms with E-state index < -0.39 is 0 Å². The first kappa shape index (κ1) is 10.6. The van der Waals surface area contributed by atoms with E-state index in [0.29, 0.717) is 11.6 Å². The van der Waals surface area contributed by atoms with E-state index in [0.717, 1.165) is 11.4 Å². The summed E-state index contributed by atoms with van der Waals surface area (Å²) in [6.07, 6.45) is 8.75. The number of halogens is 1. The summed E-state index contributed by atoms with van der Waals surface area (Å²) in [6, 6.07) is 7.45. The van der Waals surface area contributed by atoms with Gasteiger partial charge < -0.3 is 5.32 Å². The summed E-state index contributed by atoms with van der Waals surface area (Å²) in [5.74, 6) is 2.52. The van der Waals surface area contributed by atoms with Gasteiger partial charge >= 0.3 is 0 Å². The number of para-hydroxylation sites is 1. The van der Waals surface area contributed by atoms with Crippen LogP contribution in [-0.4, -0.2) is 16.3 Å². The lowest BCUT2D eigenvalue weighted by Gasteiger charge is -2.11. The molecule has 0 saturated heterocycles. The summed E-state index contributed by atoms with van der Waals surface area (Å²) in [4.78, 5) is 0. The molecule has 1 heterocycles. The molecule has 3 nitrogen and oxygen atoms in total. The van der Waals surface area contributed by atoms with Gasteiger partial charge in [-0.05, 0) is 18.2 Å². The van der Waals surface area contributed by atoms with Crippen LogP contribution in [0.15, 0.2) is 36.7 Å². The third-order valence-corrected chi connectivity index (χ3v) is 2.41. The first-order chi connectivity index (χ1) is 7.83. The van der Waals surface area contributed by atoms with Crippen LogP contribution in [0.1, 0.15) is 0 Å². The van der Waals surface area contributed by atoms with Crippen molar-refractivity contribution in [2.75, 3.05) is 11.9 Å². The number of terminal acetylenes is 1. The van der Waals surface area contributed by atoms with Crippen molar-refractivity contribution in [1.29, 1.82) is 0 Å². The van der Waals surface area contributed by atoms with Gasteiger partial charge in [0.1, 0.15) is 5.69 Å². The molecule has 0 aliphatic rings. The lowest BCUT2D eigenvalue weighted by atomic mass is 10.2. The van der Waals surface area contributed by atoms with Gasteiger partial charge in [-0.1, -0.05) is 23.6 Å². The highest BCUT2D eigenvalue weighted by Crippen LogP contribution is 2.27. The van der Waals surface area contributed by atoms with E-state index in [1.54, 1.807) is 10.9 Å². The van der Waals surface area contributed by atoms with E-state index in [1.807, 2.05) is 30.5 Å². The Balaban J connectivity index is 2.46. The molecule has 0 aliphatic heterocycles. The van der Waals surface area contributed by atoms with Gasteiger partial charge in [0.25, 0.3) is 0 Å². The monoisotopic (exact) mass is 231 g/mol. The highest BCUT2D eigenvalue weighted by atomic mass is 35.5. The van der Waals surface area contributed by atoms with Crippen LogP contribution in [0, 0.1) is 12.3 Å². The third-order valence-electron chi connectivity index (χ3n) is 2.10. The minimum atomic E-state index is 0.453. The van der Waals surface area contributed by atoms with Crippen LogP contribution in [0.2, 0.25) is 5.02 Å². The maximum atomic E-state index is 6.15. The van der Waals surface area contributed by atoms with Crippen molar-refractivity contribution in [2.24, 2.45) is 0 Å². The lowest BCUT2D eigenvalue weighted by Crippen LogP contribution is -2.05. The van der Waals surface area contributed by atoms with Crippen LogP contribution < -0.4 is 5.32 Å². The van der Waals surface area contributed by atoms with Crippen LogP contribution in [0.5, 0.6) is 0 Å². The number of anilines is 1. The molecule has 0 aliphatic carbocycles. The zero-order valence-electron chi connectivity index (χ0n) is 8.52. The maximum absolute atomic E-state index is 6.15. The molecule has 1 aromatic heterocycles. The van der Waals surface area contributed by atoms with E-state index in [2.05, 4.69) is 16.3 Å². The van der Waals surface area contributed by atoms with Crippen molar-refractivity contribution < 1.29 is 0 Å². The smallest absolute Gasteiger partial charge is 0.106 e. The van der Waals surface area contributed by atoms with Gasteiger partial charge in [-0.15, -0.1) is 6.42 Å². The zero-order valence-corrected chi connectivity index (χ0v) is 9.28. The maximum Gasteiger partial charge on any atom is 0.106 e. The molecule has 16 heavy (non-hydrogen) atoms. The van der Waals surface area contributed by atoms with Crippen molar-refractivity contribution in [2.45, 2.75) is 0 Å². The number of rotatable bonds is 3. The first-order valence-corrected chi connectivity index (χ1v) is 5.16. The largest absolute Gasteiger partial charge is 0.372 e. The molecule has 4 heteroatoms. The number of hydrogen-bond donors (Lipinski definition) is 1. The molecule has 80 valence electrons. The molecule has 1 aromatic carbocycles. The van der Waals surface area contributed by atoms with Gasteiger partial charge in [0.05, 0.1) is 17.3 Å². The Kier molecular flexibility index (Phi) is 3.13. The summed E-state index contributed by atoms with van der Waals surface area (Å²) < 4.78 is 1.71. The van der Waals surface area contributed by atoms with E-state index in [-0.39, 0.29) is 0 Å². The average molecular weight is 232 g/mol. The minimum Gasteiger partial charge on any atom is -0.372 e. The Labute approximate surface area is 99.0 Å². The van der Waals surface area contributed by atoms with Gasteiger partial charge in [0.15, 0.2) is 0 Å². The number of nitrogens with zero attached hydrogens (tertiary/aromatic N) is 2. The standard InChI is InChI=1S/C12H10ClN3/c1-2-7-14-11-6-3-5-10(13)12(11)16-9-4-8-15-16/h1,3-6,8-9,14H,7H2. The van der Waals surface area contributed by atoms with Crippen LogP contribution >= 0.6 is 11.6 Å². The Morgan fingerprint density at radius 2 is 2.31 bits per heavy atom. The van der Waals surface area contributed by atoms with Gasteiger partial charge in [0, 0.05) is 12.4 Å². The lowest BCUT2D eigenvalue weighted by molar-refractivity contribution is 0.881. The van der Waals surface area contributed by atoms with Crippen molar-refractivity contribution in [3.63, 3.8) is 0 Å². The molecule has 0 amide bonds. The second-order valence-corrected chi connectivity index (χ2v) is 3.55. The van der Waals surface area contributed by atoms with Crippen molar-refractivity contribution >= 4 is 17.3 Å². The summed E-state index contributed by atoms with van der Waals surface area (Å²) in [5, 5.41) is 7.90. The topological polar surface area (TPSA) is 29.9 Å². The zero-order chi connectivity index (χ0) is 11.4. The molecule has 0 fully saturated rings. The number of aromatic nitrogens is 2. The quantitative estimate of drug-likeness (QED) is 0.823. The fraction of sp³-hybridized carbons (Fsp3) is 0.0833. The predicted molar refractivity (Wildman–Crippen MR) is 65.9 cm³/mol. The summed E-state index contributed by atoms with van der Waals surface area (Å²) in [7, 11) is 0.